The summed E-state index contributed by atoms with van der Waals surface area (Å²) in [5, 5.41) is 3.42. The number of aliphatic imine (C=N–C) groups is 1. The van der Waals surface area contributed by atoms with Crippen LogP contribution in [-0.4, -0.2) is 36.8 Å². The molecule has 1 N–H and O–H groups in total. The lowest BCUT2D eigenvalue weighted by molar-refractivity contribution is -0.115. The van der Waals surface area contributed by atoms with Crippen LogP contribution in [0.25, 0.3) is 11.8 Å². The summed E-state index contributed by atoms with van der Waals surface area (Å²) in [5.41, 5.74) is 6.22. The summed E-state index contributed by atoms with van der Waals surface area (Å²) in [6.45, 7) is 4.15. The Kier molecular flexibility index (Phi) is 6.10. The first-order valence-electron chi connectivity index (χ1n) is 10.3. The first-order valence-corrected chi connectivity index (χ1v) is 11.1. The number of methoxy groups -OCH3 is 1. The molecule has 32 heavy (non-hydrogen) atoms. The minimum Gasteiger partial charge on any atom is -0.497 e. The van der Waals surface area contributed by atoms with Gasteiger partial charge in [-0.05, 0) is 91.8 Å². The number of thioether (sulfide) groups is 1. The van der Waals surface area contributed by atoms with Gasteiger partial charge < -0.3 is 19.5 Å². The van der Waals surface area contributed by atoms with Gasteiger partial charge in [0.1, 0.15) is 5.75 Å². The largest absolute Gasteiger partial charge is 0.497 e. The van der Waals surface area contributed by atoms with Gasteiger partial charge in [-0.25, -0.2) is 4.99 Å². The average molecular weight is 447 g/mol. The lowest BCUT2D eigenvalue weighted by atomic mass is 10.2. The molecule has 0 bridgehead atoms. The highest BCUT2D eigenvalue weighted by Gasteiger charge is 2.24. The number of aromatic nitrogens is 1. The summed E-state index contributed by atoms with van der Waals surface area (Å²) in [7, 11) is 5.69. The fraction of sp³-hybridized carbons (Fsp3) is 0.200. The highest BCUT2D eigenvalue weighted by molar-refractivity contribution is 8.18. The van der Waals surface area contributed by atoms with E-state index in [0.29, 0.717) is 10.1 Å². The molecule has 2 heterocycles. The zero-order valence-electron chi connectivity index (χ0n) is 18.8. The first-order chi connectivity index (χ1) is 15.4. The van der Waals surface area contributed by atoms with Crippen molar-refractivity contribution in [1.29, 1.82) is 0 Å². The van der Waals surface area contributed by atoms with Crippen molar-refractivity contribution in [2.45, 2.75) is 13.8 Å². The Hall–Kier alpha value is -3.45. The van der Waals surface area contributed by atoms with Crippen LogP contribution in [0.4, 0.5) is 11.4 Å². The summed E-state index contributed by atoms with van der Waals surface area (Å²) < 4.78 is 7.38. The Labute approximate surface area is 192 Å². The molecule has 6 nitrogen and oxygen atoms in total. The number of benzene rings is 2. The number of nitrogens with zero attached hydrogens (tertiary/aromatic N) is 3. The van der Waals surface area contributed by atoms with E-state index in [1.165, 1.54) is 11.8 Å². The van der Waals surface area contributed by atoms with Crippen LogP contribution in [0, 0.1) is 13.8 Å². The fourth-order valence-electron chi connectivity index (χ4n) is 3.63. The molecule has 0 unspecified atom stereocenters. The number of ether oxygens (including phenoxy) is 1. The zero-order valence-corrected chi connectivity index (χ0v) is 19.7. The topological polar surface area (TPSA) is 58.9 Å². The highest BCUT2D eigenvalue weighted by atomic mass is 32.2. The summed E-state index contributed by atoms with van der Waals surface area (Å²) >= 11 is 1.35. The molecule has 0 aliphatic carbocycles. The van der Waals surface area contributed by atoms with Gasteiger partial charge in [0, 0.05) is 36.9 Å². The summed E-state index contributed by atoms with van der Waals surface area (Å²) in [6, 6.07) is 17.9. The van der Waals surface area contributed by atoms with Crippen LogP contribution in [-0.2, 0) is 4.79 Å². The maximum atomic E-state index is 12.5. The number of carbonyl (C=O) groups is 1. The number of anilines is 1. The molecule has 164 valence electrons. The monoisotopic (exact) mass is 446 g/mol. The van der Waals surface area contributed by atoms with Crippen molar-refractivity contribution < 1.29 is 9.53 Å². The van der Waals surface area contributed by atoms with Crippen molar-refractivity contribution in [3.05, 3.63) is 76.5 Å². The second-order valence-electron chi connectivity index (χ2n) is 7.75. The highest BCUT2D eigenvalue weighted by Crippen LogP contribution is 2.31. The van der Waals surface area contributed by atoms with E-state index in [2.05, 4.69) is 64.0 Å². The number of amidine groups is 1. The number of carbonyl (C=O) groups excluding carboxylic acids is 1. The van der Waals surface area contributed by atoms with Gasteiger partial charge in [0.15, 0.2) is 5.17 Å². The summed E-state index contributed by atoms with van der Waals surface area (Å²) in [5.74, 6) is 0.631. The quantitative estimate of drug-likeness (QED) is 0.557. The molecule has 4 rings (SSSR count). The third-order valence-corrected chi connectivity index (χ3v) is 6.24. The predicted molar refractivity (Wildman–Crippen MR) is 133 cm³/mol. The molecular weight excluding hydrogens is 420 g/mol. The minimum atomic E-state index is -0.137. The second kappa shape index (κ2) is 8.96. The molecule has 1 aromatic heterocycles. The van der Waals surface area contributed by atoms with Crippen LogP contribution in [0.2, 0.25) is 0 Å². The Balaban J connectivity index is 1.59. The van der Waals surface area contributed by atoms with Gasteiger partial charge >= 0.3 is 0 Å². The van der Waals surface area contributed by atoms with Gasteiger partial charge in [-0.3, -0.25) is 4.79 Å². The maximum Gasteiger partial charge on any atom is 0.264 e. The van der Waals surface area contributed by atoms with E-state index in [4.69, 9.17) is 4.74 Å². The van der Waals surface area contributed by atoms with Crippen LogP contribution in [0.5, 0.6) is 5.75 Å². The Morgan fingerprint density at radius 1 is 1.06 bits per heavy atom. The van der Waals surface area contributed by atoms with Crippen LogP contribution in [0.3, 0.4) is 0 Å². The smallest absolute Gasteiger partial charge is 0.264 e. The zero-order chi connectivity index (χ0) is 22.8. The Morgan fingerprint density at radius 3 is 2.38 bits per heavy atom. The van der Waals surface area contributed by atoms with Crippen LogP contribution in [0.1, 0.15) is 17.0 Å². The third-order valence-electron chi connectivity index (χ3n) is 5.34. The molecule has 0 radical (unpaired) electrons. The number of hydrogen-bond donors (Lipinski definition) is 1. The number of rotatable bonds is 5. The molecule has 0 saturated carbocycles. The van der Waals surface area contributed by atoms with E-state index in [1.54, 1.807) is 7.11 Å². The van der Waals surface area contributed by atoms with Crippen LogP contribution >= 0.6 is 11.8 Å². The van der Waals surface area contributed by atoms with Crippen molar-refractivity contribution in [3.8, 4) is 11.4 Å². The lowest BCUT2D eigenvalue weighted by Gasteiger charge is -2.14. The molecule has 1 aliphatic rings. The molecule has 1 fully saturated rings. The van der Waals surface area contributed by atoms with E-state index in [1.807, 2.05) is 44.4 Å². The summed E-state index contributed by atoms with van der Waals surface area (Å²) in [6.07, 6.45) is 1.93. The van der Waals surface area contributed by atoms with Gasteiger partial charge in [0.05, 0.1) is 17.7 Å². The molecule has 1 aliphatic heterocycles. The van der Waals surface area contributed by atoms with Crippen molar-refractivity contribution in [3.63, 3.8) is 0 Å². The third kappa shape index (κ3) is 4.43. The van der Waals surface area contributed by atoms with Gasteiger partial charge in [-0.1, -0.05) is 0 Å². The summed E-state index contributed by atoms with van der Waals surface area (Å²) in [4.78, 5) is 19.8. The Bertz CT molecular complexity index is 1210. The van der Waals surface area contributed by atoms with E-state index in [0.717, 1.165) is 39.8 Å². The molecule has 0 spiro atoms. The number of hydrogen-bond acceptors (Lipinski definition) is 5. The molecule has 1 saturated heterocycles. The predicted octanol–water partition coefficient (Wildman–Crippen LogP) is 5.06. The van der Waals surface area contributed by atoms with Crippen molar-refractivity contribution >= 4 is 40.3 Å². The van der Waals surface area contributed by atoms with Crippen LogP contribution in [0.15, 0.2) is 64.5 Å². The second-order valence-corrected chi connectivity index (χ2v) is 8.78. The molecule has 0 atom stereocenters. The number of amides is 1. The molecule has 1 amide bonds. The minimum absolute atomic E-state index is 0.137. The van der Waals surface area contributed by atoms with Gasteiger partial charge in [-0.2, -0.15) is 0 Å². The van der Waals surface area contributed by atoms with E-state index in [-0.39, 0.29) is 5.91 Å². The average Bonchev–Trinajstić information content (AvgIpc) is 3.26. The fourth-order valence-corrected chi connectivity index (χ4v) is 4.46. The van der Waals surface area contributed by atoms with Gasteiger partial charge in [0.2, 0.25) is 0 Å². The maximum absolute atomic E-state index is 12.5. The van der Waals surface area contributed by atoms with E-state index in [9.17, 15) is 4.79 Å². The first kappa shape index (κ1) is 21.8. The van der Waals surface area contributed by atoms with E-state index >= 15 is 0 Å². The lowest BCUT2D eigenvalue weighted by Crippen LogP contribution is -2.19. The van der Waals surface area contributed by atoms with Crippen molar-refractivity contribution in [2.75, 3.05) is 26.1 Å². The van der Waals surface area contributed by atoms with Gasteiger partial charge in [0.25, 0.3) is 5.91 Å². The SMILES string of the molecule is COc1ccc(N=C2NC(=O)/C(=C\c3cc(C)n(-c4ccc(N(C)C)cc4)c3C)S2)cc1. The number of aryl methyl sites for hydroxylation is 1. The van der Waals surface area contributed by atoms with Crippen LogP contribution < -0.4 is 15.0 Å². The molecule has 7 heteroatoms. The standard InChI is InChI=1S/C25H26N4O2S/c1-16-14-18(17(2)29(16)21-10-8-20(9-11-21)28(3)4)15-23-24(30)27-25(32-23)26-19-6-12-22(31-5)13-7-19/h6-15H,1-5H3,(H,26,27,30)/b23-15+. The normalized spacial score (nSPS) is 16.0. The van der Waals surface area contributed by atoms with Gasteiger partial charge in [-0.15, -0.1) is 0 Å². The van der Waals surface area contributed by atoms with Crippen molar-refractivity contribution in [2.24, 2.45) is 4.99 Å². The Morgan fingerprint density at radius 2 is 1.75 bits per heavy atom. The van der Waals surface area contributed by atoms with E-state index < -0.39 is 0 Å². The number of nitrogens with one attached hydrogen (secondary N) is 1. The molecule has 2 aromatic carbocycles. The molecule has 3 aromatic rings. The van der Waals surface area contributed by atoms with Crippen molar-refractivity contribution in [1.82, 2.24) is 9.88 Å². The molecular formula is C25H26N4O2S.